The Kier molecular flexibility index (Phi) is 6.26. The average Bonchev–Trinajstić information content (AvgIpc) is 3.54. The van der Waals surface area contributed by atoms with Crippen LogP contribution in [-0.4, -0.2) is 39.3 Å². The Labute approximate surface area is 205 Å². The smallest absolute Gasteiger partial charge is 0.382 e. The number of hydrogen-bond donors (Lipinski definition) is 3. The minimum Gasteiger partial charge on any atom is -0.382 e. The zero-order valence-electron chi connectivity index (χ0n) is 19.6. The summed E-state index contributed by atoms with van der Waals surface area (Å²) in [7, 11) is 0. The number of aryl methyl sites for hydroxylation is 1. The van der Waals surface area contributed by atoms with Crippen LogP contribution in [-0.2, 0) is 0 Å². The molecule has 36 heavy (non-hydrogen) atoms. The fourth-order valence-corrected chi connectivity index (χ4v) is 3.93. The Hall–Kier alpha value is -4.08. The lowest BCUT2D eigenvalue weighted by Crippen LogP contribution is -2.26. The van der Waals surface area contributed by atoms with E-state index in [0.717, 1.165) is 29.7 Å². The summed E-state index contributed by atoms with van der Waals surface area (Å²) >= 11 is 0. The number of carbonyl (C=O) groups excluding carboxylic acids is 1. The third-order valence-electron chi connectivity index (χ3n) is 5.92. The van der Waals surface area contributed by atoms with Crippen LogP contribution in [0.25, 0.3) is 16.9 Å². The molecular weight excluding hydrogens is 469 g/mol. The first-order valence-corrected chi connectivity index (χ1v) is 11.7. The predicted octanol–water partition coefficient (Wildman–Crippen LogP) is 5.70. The number of rotatable bonds is 8. The van der Waals surface area contributed by atoms with Gasteiger partial charge in [-0.2, -0.15) is 13.2 Å². The Bertz CT molecular complexity index is 1400. The number of amides is 1. The first-order valence-electron chi connectivity index (χ1n) is 11.7. The molecule has 1 saturated carbocycles. The lowest BCUT2D eigenvalue weighted by molar-refractivity contribution is -0.131. The van der Waals surface area contributed by atoms with Crippen LogP contribution in [0.2, 0.25) is 0 Å². The van der Waals surface area contributed by atoms with Crippen LogP contribution in [0, 0.1) is 6.92 Å². The Morgan fingerprint density at radius 3 is 2.58 bits per heavy atom. The second kappa shape index (κ2) is 9.52. The summed E-state index contributed by atoms with van der Waals surface area (Å²) in [5, 5.41) is 13.7. The number of fused-ring (bicyclic) bond motifs is 1. The molecule has 1 aliphatic rings. The van der Waals surface area contributed by atoms with Gasteiger partial charge in [-0.15, -0.1) is 5.10 Å². The van der Waals surface area contributed by atoms with Crippen LogP contribution in [0.5, 0.6) is 0 Å². The molecule has 2 heterocycles. The van der Waals surface area contributed by atoms with E-state index in [4.69, 9.17) is 0 Å². The summed E-state index contributed by atoms with van der Waals surface area (Å²) in [6.45, 7) is 1.58. The van der Waals surface area contributed by atoms with Gasteiger partial charge in [-0.25, -0.2) is 9.50 Å². The summed E-state index contributed by atoms with van der Waals surface area (Å²) in [5.41, 5.74) is 4.46. The maximum absolute atomic E-state index is 12.8. The van der Waals surface area contributed by atoms with Gasteiger partial charge in [-0.05, 0) is 49.6 Å². The van der Waals surface area contributed by atoms with Gasteiger partial charge in [0.2, 0.25) is 0 Å². The number of carbonyl (C=O) groups is 1. The van der Waals surface area contributed by atoms with Gasteiger partial charge < -0.3 is 16.0 Å². The summed E-state index contributed by atoms with van der Waals surface area (Å²) in [6.07, 6.45) is -1.60. The standard InChI is InChI=1S/C26H25F3N6O/c1-16-13-17(7-10-20(16)25(36)33-19-8-9-19)22-15-31-24-21(30-12-11-26(27,28)29)14-23(34-35(22)24)32-18-5-3-2-4-6-18/h2-7,10,13-15,19,30H,8-9,11-12H2,1H3,(H,32,34)(H,33,36). The van der Waals surface area contributed by atoms with Gasteiger partial charge in [-0.1, -0.05) is 24.3 Å². The maximum Gasteiger partial charge on any atom is 0.390 e. The molecule has 0 aliphatic heterocycles. The highest BCUT2D eigenvalue weighted by Crippen LogP contribution is 2.29. The fourth-order valence-electron chi connectivity index (χ4n) is 3.93. The minimum atomic E-state index is -4.27. The van der Waals surface area contributed by atoms with Gasteiger partial charge in [0.25, 0.3) is 5.91 Å². The lowest BCUT2D eigenvalue weighted by atomic mass is 10.0. The molecule has 2 aromatic heterocycles. The van der Waals surface area contributed by atoms with E-state index in [9.17, 15) is 18.0 Å². The van der Waals surface area contributed by atoms with Crippen molar-refractivity contribution in [3.8, 4) is 11.3 Å². The van der Waals surface area contributed by atoms with E-state index in [2.05, 4.69) is 26.0 Å². The Balaban J connectivity index is 1.50. The van der Waals surface area contributed by atoms with Gasteiger partial charge in [0, 0.05) is 35.5 Å². The molecule has 1 amide bonds. The topological polar surface area (TPSA) is 83.3 Å². The normalized spacial score (nSPS) is 13.6. The van der Waals surface area contributed by atoms with E-state index >= 15 is 0 Å². The van der Waals surface area contributed by atoms with Crippen molar-refractivity contribution >= 4 is 28.7 Å². The molecule has 1 fully saturated rings. The van der Waals surface area contributed by atoms with Crippen molar-refractivity contribution in [2.45, 2.75) is 38.4 Å². The molecule has 0 spiro atoms. The number of para-hydroxylation sites is 1. The van der Waals surface area contributed by atoms with E-state index in [1.54, 1.807) is 22.8 Å². The highest BCUT2D eigenvalue weighted by molar-refractivity contribution is 5.96. The monoisotopic (exact) mass is 494 g/mol. The van der Waals surface area contributed by atoms with Gasteiger partial charge >= 0.3 is 6.18 Å². The van der Waals surface area contributed by atoms with Crippen LogP contribution in [0.4, 0.5) is 30.4 Å². The summed E-state index contributed by atoms with van der Waals surface area (Å²) in [5.74, 6) is 0.350. The van der Waals surface area contributed by atoms with E-state index in [-0.39, 0.29) is 18.5 Å². The molecular formula is C26H25F3N6O. The van der Waals surface area contributed by atoms with Crippen LogP contribution in [0.1, 0.15) is 35.2 Å². The van der Waals surface area contributed by atoms with Crippen LogP contribution in [0.15, 0.2) is 60.8 Å². The summed E-state index contributed by atoms with van der Waals surface area (Å²) in [6, 6.07) is 16.8. The zero-order valence-corrected chi connectivity index (χ0v) is 19.6. The first-order chi connectivity index (χ1) is 17.3. The van der Waals surface area contributed by atoms with E-state index in [1.165, 1.54) is 0 Å². The van der Waals surface area contributed by atoms with Gasteiger partial charge in [-0.3, -0.25) is 4.79 Å². The number of anilines is 3. The number of halogens is 3. The zero-order chi connectivity index (χ0) is 25.3. The number of hydrogen-bond acceptors (Lipinski definition) is 5. The van der Waals surface area contributed by atoms with E-state index in [0.29, 0.717) is 28.4 Å². The predicted molar refractivity (Wildman–Crippen MR) is 133 cm³/mol. The fraction of sp³-hybridized carbons (Fsp3) is 0.269. The number of aromatic nitrogens is 3. The lowest BCUT2D eigenvalue weighted by Gasteiger charge is -2.13. The minimum absolute atomic E-state index is 0.0942. The molecule has 2 aromatic carbocycles. The summed E-state index contributed by atoms with van der Waals surface area (Å²) in [4.78, 5) is 17.0. The molecule has 5 rings (SSSR count). The molecule has 3 N–H and O–H groups in total. The van der Waals surface area contributed by atoms with Crippen molar-refractivity contribution in [1.82, 2.24) is 19.9 Å². The number of nitrogens with zero attached hydrogens (tertiary/aromatic N) is 3. The molecule has 4 aromatic rings. The van der Waals surface area contributed by atoms with Crippen LogP contribution in [0.3, 0.4) is 0 Å². The van der Waals surface area contributed by atoms with E-state index < -0.39 is 12.6 Å². The van der Waals surface area contributed by atoms with Gasteiger partial charge in [0.05, 0.1) is 24.0 Å². The molecule has 0 radical (unpaired) electrons. The molecule has 0 saturated heterocycles. The van der Waals surface area contributed by atoms with Gasteiger partial charge in [0.15, 0.2) is 11.5 Å². The number of nitrogens with one attached hydrogen (secondary N) is 3. The maximum atomic E-state index is 12.8. The van der Waals surface area contributed by atoms with Crippen molar-refractivity contribution in [3.63, 3.8) is 0 Å². The number of imidazole rings is 1. The molecule has 0 unspecified atom stereocenters. The molecule has 0 atom stereocenters. The third-order valence-corrected chi connectivity index (χ3v) is 5.92. The average molecular weight is 495 g/mol. The Morgan fingerprint density at radius 2 is 1.89 bits per heavy atom. The molecule has 7 nitrogen and oxygen atoms in total. The third kappa shape index (κ3) is 5.42. The second-order valence-corrected chi connectivity index (χ2v) is 8.88. The second-order valence-electron chi connectivity index (χ2n) is 8.88. The first kappa shape index (κ1) is 23.7. The van der Waals surface area contributed by atoms with Crippen molar-refractivity contribution < 1.29 is 18.0 Å². The van der Waals surface area contributed by atoms with Crippen LogP contribution >= 0.6 is 0 Å². The van der Waals surface area contributed by atoms with Crippen molar-refractivity contribution in [2.24, 2.45) is 0 Å². The highest BCUT2D eigenvalue weighted by atomic mass is 19.4. The molecule has 186 valence electrons. The number of benzene rings is 2. The number of alkyl halides is 3. The van der Waals surface area contributed by atoms with Crippen molar-refractivity contribution in [2.75, 3.05) is 17.2 Å². The molecule has 1 aliphatic carbocycles. The SMILES string of the molecule is Cc1cc(-c2cnc3c(NCCC(F)(F)F)cc(Nc4ccccc4)nn23)ccc1C(=O)NC1CC1. The van der Waals surface area contributed by atoms with Gasteiger partial charge in [0.1, 0.15) is 0 Å². The van der Waals surface area contributed by atoms with Crippen LogP contribution < -0.4 is 16.0 Å². The molecule has 0 bridgehead atoms. The Morgan fingerprint density at radius 1 is 1.11 bits per heavy atom. The van der Waals surface area contributed by atoms with Crippen molar-refractivity contribution in [1.29, 1.82) is 0 Å². The van der Waals surface area contributed by atoms with Crippen molar-refractivity contribution in [3.05, 3.63) is 71.9 Å². The summed E-state index contributed by atoms with van der Waals surface area (Å²) < 4.78 is 39.9. The quantitative estimate of drug-likeness (QED) is 0.293. The molecule has 10 heteroatoms. The van der Waals surface area contributed by atoms with E-state index in [1.807, 2.05) is 49.4 Å². The highest BCUT2D eigenvalue weighted by Gasteiger charge is 2.27. The largest absolute Gasteiger partial charge is 0.390 e.